The van der Waals surface area contributed by atoms with Crippen LogP contribution in [-0.2, 0) is 18.3 Å². The Labute approximate surface area is 173 Å². The molecule has 7 heteroatoms. The molecule has 0 bridgehead atoms. The molecule has 0 spiro atoms. The molecule has 0 atom stereocenters. The number of aryl methyl sites for hydroxylation is 1. The number of aromatic nitrogens is 4. The number of hydrogen-bond acceptors (Lipinski definition) is 4. The fourth-order valence-corrected chi connectivity index (χ4v) is 3.81. The number of rotatable bonds is 7. The van der Waals surface area contributed by atoms with Gasteiger partial charge in [-0.15, -0.1) is 10.2 Å². The van der Waals surface area contributed by atoms with Gasteiger partial charge in [-0.3, -0.25) is 9.36 Å². The number of amides is 1. The normalized spacial score (nSPS) is 10.8. The molecule has 2 heterocycles. The Morgan fingerprint density at radius 2 is 1.69 bits per heavy atom. The van der Waals surface area contributed by atoms with Crippen molar-refractivity contribution in [2.24, 2.45) is 7.05 Å². The first-order valence-corrected chi connectivity index (χ1v) is 10.3. The highest BCUT2D eigenvalue weighted by molar-refractivity contribution is 7.99. The summed E-state index contributed by atoms with van der Waals surface area (Å²) in [4.78, 5) is 12.3. The zero-order valence-corrected chi connectivity index (χ0v) is 16.8. The van der Waals surface area contributed by atoms with Crippen LogP contribution in [0.5, 0.6) is 0 Å². The first-order valence-electron chi connectivity index (χ1n) is 9.28. The largest absolute Gasteiger partial charge is 0.354 e. The van der Waals surface area contributed by atoms with Crippen LogP contribution in [0, 0.1) is 0 Å². The van der Waals surface area contributed by atoms with E-state index in [4.69, 9.17) is 0 Å². The summed E-state index contributed by atoms with van der Waals surface area (Å²) in [5, 5.41) is 12.4. The van der Waals surface area contributed by atoms with Gasteiger partial charge in [0.25, 0.3) is 0 Å². The molecule has 0 aliphatic carbocycles. The third-order valence-electron chi connectivity index (χ3n) is 4.50. The number of carbonyl (C=O) groups is 1. The minimum atomic E-state index is -0.0761. The van der Waals surface area contributed by atoms with Gasteiger partial charge in [0, 0.05) is 36.7 Å². The van der Waals surface area contributed by atoms with Crippen molar-refractivity contribution in [3.05, 3.63) is 90.5 Å². The predicted octanol–water partition coefficient (Wildman–Crippen LogP) is 3.93. The summed E-state index contributed by atoms with van der Waals surface area (Å²) in [6.07, 6.45) is 2.67. The number of benzene rings is 2. The summed E-state index contributed by atoms with van der Waals surface area (Å²) in [7, 11) is 2.02. The minimum Gasteiger partial charge on any atom is -0.354 e. The topological polar surface area (TPSA) is 64.7 Å². The van der Waals surface area contributed by atoms with Gasteiger partial charge >= 0.3 is 0 Å². The maximum absolute atomic E-state index is 12.3. The second-order valence-electron chi connectivity index (χ2n) is 6.56. The van der Waals surface area contributed by atoms with Crippen LogP contribution in [0.1, 0.15) is 11.5 Å². The summed E-state index contributed by atoms with van der Waals surface area (Å²) >= 11 is 1.38. The van der Waals surface area contributed by atoms with E-state index < -0.39 is 0 Å². The van der Waals surface area contributed by atoms with E-state index >= 15 is 0 Å². The maximum atomic E-state index is 12.3. The number of nitrogens with one attached hydrogen (secondary N) is 1. The molecule has 4 rings (SSSR count). The van der Waals surface area contributed by atoms with E-state index in [1.165, 1.54) is 11.8 Å². The number of anilines is 1. The lowest BCUT2D eigenvalue weighted by molar-refractivity contribution is -0.113. The molecular formula is C22H21N5OS. The van der Waals surface area contributed by atoms with Crippen molar-refractivity contribution < 1.29 is 4.79 Å². The lowest BCUT2D eigenvalue weighted by atomic mass is 10.2. The first-order chi connectivity index (χ1) is 14.2. The Balaban J connectivity index is 1.55. The second-order valence-corrected chi connectivity index (χ2v) is 7.50. The average Bonchev–Trinajstić information content (AvgIpc) is 3.34. The number of nitrogens with zero attached hydrogens (tertiary/aromatic N) is 4. The maximum Gasteiger partial charge on any atom is 0.234 e. The highest BCUT2D eigenvalue weighted by Crippen LogP contribution is 2.23. The highest BCUT2D eigenvalue weighted by Gasteiger charge is 2.17. The van der Waals surface area contributed by atoms with Crippen LogP contribution in [0.3, 0.4) is 0 Å². The Morgan fingerprint density at radius 3 is 2.38 bits per heavy atom. The van der Waals surface area contributed by atoms with Crippen molar-refractivity contribution in [3.8, 4) is 5.69 Å². The highest BCUT2D eigenvalue weighted by atomic mass is 32.2. The van der Waals surface area contributed by atoms with E-state index in [0.29, 0.717) is 11.6 Å². The van der Waals surface area contributed by atoms with Gasteiger partial charge in [-0.1, -0.05) is 48.2 Å². The van der Waals surface area contributed by atoms with Crippen molar-refractivity contribution in [3.63, 3.8) is 0 Å². The van der Waals surface area contributed by atoms with Crippen LogP contribution < -0.4 is 5.32 Å². The number of carbonyl (C=O) groups excluding carboxylic acids is 1. The van der Waals surface area contributed by atoms with E-state index in [1.807, 2.05) is 84.5 Å². The van der Waals surface area contributed by atoms with Crippen LogP contribution >= 0.6 is 11.8 Å². The van der Waals surface area contributed by atoms with Crippen molar-refractivity contribution in [2.75, 3.05) is 11.1 Å². The van der Waals surface area contributed by atoms with Crippen LogP contribution in [0.4, 0.5) is 5.69 Å². The molecule has 0 radical (unpaired) electrons. The fourth-order valence-electron chi connectivity index (χ4n) is 3.04. The van der Waals surface area contributed by atoms with Gasteiger partial charge in [0.1, 0.15) is 5.82 Å². The van der Waals surface area contributed by atoms with Gasteiger partial charge < -0.3 is 9.88 Å². The zero-order valence-electron chi connectivity index (χ0n) is 16.0. The summed E-state index contributed by atoms with van der Waals surface area (Å²) in [5.74, 6) is 1.01. The number of para-hydroxylation sites is 2. The van der Waals surface area contributed by atoms with Gasteiger partial charge in [0.05, 0.1) is 5.75 Å². The summed E-state index contributed by atoms with van der Waals surface area (Å²) in [6, 6.07) is 23.5. The lowest BCUT2D eigenvalue weighted by Gasteiger charge is -2.11. The summed E-state index contributed by atoms with van der Waals surface area (Å²) < 4.78 is 4.09. The number of hydrogen-bond donors (Lipinski definition) is 1. The Bertz CT molecular complexity index is 1090. The molecule has 6 nitrogen and oxygen atoms in total. The Kier molecular flexibility index (Phi) is 5.76. The third-order valence-corrected chi connectivity index (χ3v) is 5.42. The number of thioether (sulfide) groups is 1. The molecule has 146 valence electrons. The molecular weight excluding hydrogens is 382 g/mol. The Morgan fingerprint density at radius 1 is 0.966 bits per heavy atom. The standard InChI is InChI=1S/C22H21N5OS/c1-26-14-8-13-19(26)15-20-24-25-22(27(20)18-11-6-3-7-12-18)29-16-21(28)23-17-9-4-2-5-10-17/h2-14H,15-16H2,1H3,(H,23,28). The van der Waals surface area contributed by atoms with Gasteiger partial charge in [0.15, 0.2) is 5.16 Å². The van der Waals surface area contributed by atoms with E-state index in [2.05, 4.69) is 26.1 Å². The van der Waals surface area contributed by atoms with Gasteiger partial charge in [-0.05, 0) is 36.4 Å². The van der Waals surface area contributed by atoms with Gasteiger partial charge in [-0.2, -0.15) is 0 Å². The van der Waals surface area contributed by atoms with E-state index in [1.54, 1.807) is 0 Å². The smallest absolute Gasteiger partial charge is 0.234 e. The molecule has 1 N–H and O–H groups in total. The molecule has 1 amide bonds. The molecule has 2 aromatic carbocycles. The molecule has 0 unspecified atom stereocenters. The van der Waals surface area contributed by atoms with Crippen molar-refractivity contribution >= 4 is 23.4 Å². The van der Waals surface area contributed by atoms with E-state index in [0.717, 1.165) is 22.9 Å². The van der Waals surface area contributed by atoms with Crippen LogP contribution in [0.25, 0.3) is 5.69 Å². The summed E-state index contributed by atoms with van der Waals surface area (Å²) in [5.41, 5.74) is 2.91. The van der Waals surface area contributed by atoms with E-state index in [9.17, 15) is 4.79 Å². The van der Waals surface area contributed by atoms with Gasteiger partial charge in [0.2, 0.25) is 5.91 Å². The summed E-state index contributed by atoms with van der Waals surface area (Å²) in [6.45, 7) is 0. The minimum absolute atomic E-state index is 0.0761. The Hall–Kier alpha value is -3.32. The van der Waals surface area contributed by atoms with Gasteiger partial charge in [-0.25, -0.2) is 0 Å². The second kappa shape index (κ2) is 8.79. The monoisotopic (exact) mass is 403 g/mol. The molecule has 0 aliphatic rings. The van der Waals surface area contributed by atoms with E-state index in [-0.39, 0.29) is 11.7 Å². The molecule has 2 aromatic heterocycles. The lowest BCUT2D eigenvalue weighted by Crippen LogP contribution is -2.14. The molecule has 29 heavy (non-hydrogen) atoms. The quantitative estimate of drug-likeness (QED) is 0.475. The fraction of sp³-hybridized carbons (Fsp3) is 0.136. The molecule has 0 fully saturated rings. The zero-order chi connectivity index (χ0) is 20.1. The van der Waals surface area contributed by atoms with Crippen LogP contribution in [-0.4, -0.2) is 31.0 Å². The first kappa shape index (κ1) is 19.0. The molecule has 0 aliphatic heterocycles. The van der Waals surface area contributed by atoms with Crippen molar-refractivity contribution in [2.45, 2.75) is 11.6 Å². The third kappa shape index (κ3) is 4.57. The van der Waals surface area contributed by atoms with Crippen LogP contribution in [0.2, 0.25) is 0 Å². The average molecular weight is 404 g/mol. The molecule has 0 saturated carbocycles. The molecule has 0 saturated heterocycles. The predicted molar refractivity (Wildman–Crippen MR) is 115 cm³/mol. The molecule has 4 aromatic rings. The van der Waals surface area contributed by atoms with Crippen LogP contribution in [0.15, 0.2) is 84.1 Å². The SMILES string of the molecule is Cn1cccc1Cc1nnc(SCC(=O)Nc2ccccc2)n1-c1ccccc1. The van der Waals surface area contributed by atoms with Crippen molar-refractivity contribution in [1.82, 2.24) is 19.3 Å². The van der Waals surface area contributed by atoms with Crippen molar-refractivity contribution in [1.29, 1.82) is 0 Å².